The van der Waals surface area contributed by atoms with E-state index in [0.717, 1.165) is 25.2 Å². The van der Waals surface area contributed by atoms with Crippen molar-refractivity contribution in [3.05, 3.63) is 51.1 Å². The van der Waals surface area contributed by atoms with Crippen LogP contribution in [0, 0.1) is 17.8 Å². The molecule has 2 heterocycles. The number of nitrogens with zero attached hydrogens (tertiary/aromatic N) is 1. The van der Waals surface area contributed by atoms with Crippen LogP contribution in [0.4, 0.5) is 5.69 Å². The van der Waals surface area contributed by atoms with Gasteiger partial charge in [-0.05, 0) is 67.0 Å². The Labute approximate surface area is 242 Å². The fourth-order valence-electron chi connectivity index (χ4n) is 6.07. The lowest BCUT2D eigenvalue weighted by molar-refractivity contribution is -0.137. The molecule has 0 aromatic carbocycles. The predicted octanol–water partition coefficient (Wildman–Crippen LogP) is 2.07. The first-order valence-electron chi connectivity index (χ1n) is 14.0. The minimum absolute atomic E-state index is 0.0699. The minimum Gasteiger partial charge on any atom is -0.353 e. The van der Waals surface area contributed by atoms with Crippen LogP contribution in [0.3, 0.4) is 0 Å². The topological polar surface area (TPSA) is 155 Å². The van der Waals surface area contributed by atoms with Crippen molar-refractivity contribution in [2.75, 3.05) is 12.4 Å². The molecule has 5 atom stereocenters. The van der Waals surface area contributed by atoms with Crippen molar-refractivity contribution < 1.29 is 24.0 Å². The van der Waals surface area contributed by atoms with Crippen LogP contribution in [-0.2, 0) is 25.7 Å². The first-order valence-corrected chi connectivity index (χ1v) is 14.9. The van der Waals surface area contributed by atoms with Gasteiger partial charge in [0.25, 0.3) is 17.4 Å². The second-order valence-electron chi connectivity index (χ2n) is 11.0. The number of fused-ring (bicyclic) bond motifs is 2. The number of carbonyl (C=O) groups is 5. The SMILES string of the molecule is CNC(=O)C(=O)CCC(NC(=O)c1cccs1)C(=O)Nc1cccn(CC(=O)NC2C(C)CC3CCCC2C3)c1=O. The molecule has 2 aliphatic carbocycles. The van der Waals surface area contributed by atoms with E-state index in [2.05, 4.69) is 28.2 Å². The fraction of sp³-hybridized carbons (Fsp3) is 0.517. The summed E-state index contributed by atoms with van der Waals surface area (Å²) in [5.41, 5.74) is -0.644. The lowest BCUT2D eigenvalue weighted by Crippen LogP contribution is -2.50. The van der Waals surface area contributed by atoms with Crippen molar-refractivity contribution in [3.63, 3.8) is 0 Å². The number of hydrogen-bond acceptors (Lipinski definition) is 7. The maximum Gasteiger partial charge on any atom is 0.287 e. The highest BCUT2D eigenvalue weighted by Crippen LogP contribution is 2.42. The van der Waals surface area contributed by atoms with Crippen molar-refractivity contribution in [1.82, 2.24) is 20.5 Å². The highest BCUT2D eigenvalue weighted by molar-refractivity contribution is 7.12. The second kappa shape index (κ2) is 13.7. The van der Waals surface area contributed by atoms with Crippen LogP contribution in [0.5, 0.6) is 0 Å². The van der Waals surface area contributed by atoms with Crippen molar-refractivity contribution in [2.24, 2.45) is 17.8 Å². The number of carbonyl (C=O) groups excluding carboxylic acids is 5. The Kier molecular flexibility index (Phi) is 10.1. The Balaban J connectivity index is 1.42. The van der Waals surface area contributed by atoms with E-state index in [1.165, 1.54) is 48.1 Å². The van der Waals surface area contributed by atoms with E-state index in [9.17, 15) is 28.8 Å². The number of likely N-dealkylation sites (N-methyl/N-ethyl adjacent to an activating group) is 1. The summed E-state index contributed by atoms with van der Waals surface area (Å²) in [6.07, 6.45) is 6.83. The van der Waals surface area contributed by atoms with Gasteiger partial charge in [-0.3, -0.25) is 28.8 Å². The number of pyridine rings is 1. The third-order valence-electron chi connectivity index (χ3n) is 8.08. The Bertz CT molecular complexity index is 1340. The molecule has 41 heavy (non-hydrogen) atoms. The van der Waals surface area contributed by atoms with E-state index >= 15 is 0 Å². The molecule has 0 aliphatic heterocycles. The number of Topliss-reactive ketones (excluding diaryl/α,β-unsaturated/α-hetero) is 1. The van der Waals surface area contributed by atoms with E-state index in [1.54, 1.807) is 23.6 Å². The summed E-state index contributed by atoms with van der Waals surface area (Å²) < 4.78 is 1.23. The molecule has 2 bridgehead atoms. The van der Waals surface area contributed by atoms with Gasteiger partial charge in [-0.2, -0.15) is 0 Å². The Morgan fingerprint density at radius 3 is 2.63 bits per heavy atom. The van der Waals surface area contributed by atoms with Gasteiger partial charge in [-0.1, -0.05) is 25.8 Å². The molecule has 2 fully saturated rings. The molecule has 12 heteroatoms. The van der Waals surface area contributed by atoms with Gasteiger partial charge >= 0.3 is 0 Å². The standard InChI is InChI=1S/C29H37N5O6S/c1-17-14-18-6-3-7-19(15-18)25(17)33-24(36)16-34-12-4-8-21(29(34)40)32-26(37)20(10-11-22(35)27(38)30-2)31-28(39)23-9-5-13-41-23/h4-5,8-9,12-13,17-20,25H,3,6-7,10-11,14-16H2,1-2H3,(H,30,38)(H,31,39)(H,32,37)(H,33,36). The van der Waals surface area contributed by atoms with E-state index < -0.39 is 35.1 Å². The van der Waals surface area contributed by atoms with Crippen molar-refractivity contribution in [1.29, 1.82) is 0 Å². The molecule has 11 nitrogen and oxygen atoms in total. The molecular formula is C29H37N5O6S. The Morgan fingerprint density at radius 2 is 1.90 bits per heavy atom. The van der Waals surface area contributed by atoms with Crippen LogP contribution in [-0.4, -0.2) is 53.1 Å². The largest absolute Gasteiger partial charge is 0.353 e. The van der Waals surface area contributed by atoms with Crippen molar-refractivity contribution in [3.8, 4) is 0 Å². The van der Waals surface area contributed by atoms with E-state index in [-0.39, 0.29) is 37.0 Å². The van der Waals surface area contributed by atoms with E-state index in [4.69, 9.17) is 0 Å². The molecule has 0 saturated heterocycles. The van der Waals surface area contributed by atoms with Gasteiger partial charge in [0.15, 0.2) is 0 Å². The zero-order valence-electron chi connectivity index (χ0n) is 23.3. The molecule has 2 aliphatic rings. The zero-order valence-corrected chi connectivity index (χ0v) is 24.1. The number of amides is 4. The van der Waals surface area contributed by atoms with Gasteiger partial charge in [-0.25, -0.2) is 0 Å². The highest BCUT2D eigenvalue weighted by atomic mass is 32.1. The van der Waals surface area contributed by atoms with Crippen molar-refractivity contribution in [2.45, 2.75) is 70.5 Å². The second-order valence-corrected chi connectivity index (χ2v) is 11.9. The third-order valence-corrected chi connectivity index (χ3v) is 8.94. The number of anilines is 1. The smallest absolute Gasteiger partial charge is 0.287 e. The molecule has 0 spiro atoms. The van der Waals surface area contributed by atoms with Crippen LogP contribution in [0.25, 0.3) is 0 Å². The number of nitrogens with one attached hydrogen (secondary N) is 4. The predicted molar refractivity (Wildman–Crippen MR) is 154 cm³/mol. The highest BCUT2D eigenvalue weighted by Gasteiger charge is 2.38. The molecule has 2 aromatic rings. The van der Waals surface area contributed by atoms with Gasteiger partial charge in [0.1, 0.15) is 18.3 Å². The summed E-state index contributed by atoms with van der Waals surface area (Å²) in [6.45, 7) is 1.98. The van der Waals surface area contributed by atoms with Crippen LogP contribution < -0.4 is 26.8 Å². The van der Waals surface area contributed by atoms with E-state index in [1.807, 2.05) is 0 Å². The molecule has 4 rings (SSSR count). The zero-order chi connectivity index (χ0) is 29.5. The summed E-state index contributed by atoms with van der Waals surface area (Å²) in [6, 6.07) is 5.13. The van der Waals surface area contributed by atoms with E-state index in [0.29, 0.717) is 16.7 Å². The number of aromatic nitrogens is 1. The number of hydrogen-bond donors (Lipinski definition) is 4. The van der Waals surface area contributed by atoms with Gasteiger partial charge in [0.05, 0.1) is 4.88 Å². The first-order chi connectivity index (χ1) is 19.7. The minimum atomic E-state index is -1.19. The van der Waals surface area contributed by atoms with Crippen LogP contribution in [0.1, 0.15) is 61.5 Å². The summed E-state index contributed by atoms with van der Waals surface area (Å²) in [4.78, 5) is 76.0. The quantitative estimate of drug-likeness (QED) is 0.297. The maximum atomic E-state index is 13.2. The first kappa shape index (κ1) is 30.2. The van der Waals surface area contributed by atoms with Crippen LogP contribution >= 0.6 is 11.3 Å². The lowest BCUT2D eigenvalue weighted by Gasteiger charge is -2.44. The average molecular weight is 584 g/mol. The Hall–Kier alpha value is -3.80. The molecule has 5 unspecified atom stereocenters. The summed E-state index contributed by atoms with van der Waals surface area (Å²) in [7, 11) is 1.32. The molecule has 2 aromatic heterocycles. The molecule has 0 radical (unpaired) electrons. The summed E-state index contributed by atoms with van der Waals surface area (Å²) >= 11 is 1.18. The van der Waals surface area contributed by atoms with Gasteiger partial charge in [0.2, 0.25) is 17.6 Å². The Morgan fingerprint density at radius 1 is 1.10 bits per heavy atom. The van der Waals surface area contributed by atoms with Crippen LogP contribution in [0.15, 0.2) is 40.6 Å². The van der Waals surface area contributed by atoms with Gasteiger partial charge < -0.3 is 25.8 Å². The third kappa shape index (κ3) is 7.69. The summed E-state index contributed by atoms with van der Waals surface area (Å²) in [5.74, 6) is -1.46. The van der Waals surface area contributed by atoms with Crippen molar-refractivity contribution >= 4 is 46.4 Å². The molecular weight excluding hydrogens is 546 g/mol. The fourth-order valence-corrected chi connectivity index (χ4v) is 6.69. The normalized spacial score (nSPS) is 22.2. The van der Waals surface area contributed by atoms with Gasteiger partial charge in [0, 0.05) is 25.7 Å². The molecule has 220 valence electrons. The lowest BCUT2D eigenvalue weighted by atomic mass is 9.65. The summed E-state index contributed by atoms with van der Waals surface area (Å²) in [5, 5.41) is 12.2. The monoisotopic (exact) mass is 583 g/mol. The van der Waals surface area contributed by atoms with Crippen LogP contribution in [0.2, 0.25) is 0 Å². The number of thiophene rings is 1. The number of ketones is 1. The maximum absolute atomic E-state index is 13.2. The number of rotatable bonds is 11. The molecule has 4 N–H and O–H groups in total. The molecule has 2 saturated carbocycles. The van der Waals surface area contributed by atoms with Gasteiger partial charge in [-0.15, -0.1) is 11.3 Å². The molecule has 4 amide bonds. The average Bonchev–Trinajstić information content (AvgIpc) is 3.50.